The van der Waals surface area contributed by atoms with Gasteiger partial charge in [0, 0.05) is 13.0 Å². The van der Waals surface area contributed by atoms with Gasteiger partial charge in [-0.05, 0) is 0 Å². The maximum absolute atomic E-state index is 10.2. The molecule has 6 nitrogen and oxygen atoms in total. The third-order valence-corrected chi connectivity index (χ3v) is 2.12. The summed E-state index contributed by atoms with van der Waals surface area (Å²) in [6.45, 7) is 0.194. The average molecular weight is 191 g/mol. The van der Waals surface area contributed by atoms with Gasteiger partial charge in [0.25, 0.3) is 0 Å². The van der Waals surface area contributed by atoms with Crippen LogP contribution in [0.3, 0.4) is 0 Å². The Hall–Kier alpha value is -0.850. The number of nitrogens with one attached hydrogen (secondary N) is 1. The van der Waals surface area contributed by atoms with E-state index in [1.165, 1.54) is 0 Å². The van der Waals surface area contributed by atoms with Gasteiger partial charge in [-0.15, -0.1) is 0 Å². The molecule has 1 aliphatic heterocycles. The maximum atomic E-state index is 10.2. The van der Waals surface area contributed by atoms with Crippen LogP contribution >= 0.6 is 0 Å². The Labute approximate surface area is 75.1 Å². The first-order valence-electron chi connectivity index (χ1n) is 3.99. The predicted molar refractivity (Wildman–Crippen MR) is 42.4 cm³/mol. The Bertz CT molecular complexity index is 197. The van der Waals surface area contributed by atoms with Crippen LogP contribution in [0.2, 0.25) is 0 Å². The summed E-state index contributed by atoms with van der Waals surface area (Å²) in [6.07, 6.45) is -2.02. The first-order valence-corrected chi connectivity index (χ1v) is 3.99. The Balaban J connectivity index is 2.46. The van der Waals surface area contributed by atoms with Crippen LogP contribution in [0.1, 0.15) is 6.42 Å². The fourth-order valence-corrected chi connectivity index (χ4v) is 1.20. The standard InChI is InChI=1S/C7H13NO5/c9-5-3-13-2-1-7(5,12)4-8-6(10)11/h5,8-9,12H,1-4H2,(H,10,11). The van der Waals surface area contributed by atoms with Crippen LogP contribution in [-0.4, -0.2) is 52.9 Å². The summed E-state index contributed by atoms with van der Waals surface area (Å²) >= 11 is 0. The lowest BCUT2D eigenvalue weighted by Gasteiger charge is -2.36. The first kappa shape index (κ1) is 10.2. The summed E-state index contributed by atoms with van der Waals surface area (Å²) in [6, 6.07) is 0. The molecule has 13 heavy (non-hydrogen) atoms. The van der Waals surface area contributed by atoms with E-state index in [9.17, 15) is 15.0 Å². The minimum absolute atomic E-state index is 0.0395. The Morgan fingerprint density at radius 1 is 1.69 bits per heavy atom. The van der Waals surface area contributed by atoms with E-state index in [0.717, 1.165) is 0 Å². The van der Waals surface area contributed by atoms with Gasteiger partial charge in [0.15, 0.2) is 0 Å². The van der Waals surface area contributed by atoms with E-state index in [0.29, 0.717) is 6.61 Å². The molecular formula is C7H13NO5. The highest BCUT2D eigenvalue weighted by Gasteiger charge is 2.38. The van der Waals surface area contributed by atoms with E-state index in [-0.39, 0.29) is 19.6 Å². The molecule has 1 heterocycles. The number of ether oxygens (including phenoxy) is 1. The van der Waals surface area contributed by atoms with Gasteiger partial charge < -0.3 is 25.4 Å². The smallest absolute Gasteiger partial charge is 0.404 e. The number of rotatable bonds is 2. The molecule has 0 aromatic carbocycles. The molecule has 76 valence electrons. The molecule has 2 atom stereocenters. The molecule has 0 aromatic heterocycles. The van der Waals surface area contributed by atoms with Crippen LogP contribution in [0, 0.1) is 0 Å². The number of hydrogen-bond acceptors (Lipinski definition) is 4. The van der Waals surface area contributed by atoms with Gasteiger partial charge >= 0.3 is 6.09 Å². The lowest BCUT2D eigenvalue weighted by atomic mass is 9.91. The molecule has 1 rings (SSSR count). The minimum atomic E-state index is -1.39. The van der Waals surface area contributed by atoms with E-state index in [2.05, 4.69) is 0 Å². The lowest BCUT2D eigenvalue weighted by Crippen LogP contribution is -2.56. The van der Waals surface area contributed by atoms with E-state index in [1.807, 2.05) is 5.32 Å². The monoisotopic (exact) mass is 191 g/mol. The van der Waals surface area contributed by atoms with Gasteiger partial charge in [0.1, 0.15) is 11.7 Å². The van der Waals surface area contributed by atoms with Crippen LogP contribution in [0.15, 0.2) is 0 Å². The van der Waals surface area contributed by atoms with Crippen LogP contribution in [0.25, 0.3) is 0 Å². The zero-order chi connectivity index (χ0) is 9.90. The molecule has 0 saturated carbocycles. The van der Waals surface area contributed by atoms with E-state index >= 15 is 0 Å². The fraction of sp³-hybridized carbons (Fsp3) is 0.857. The van der Waals surface area contributed by atoms with Crippen molar-refractivity contribution in [2.24, 2.45) is 0 Å². The van der Waals surface area contributed by atoms with Crippen molar-refractivity contribution in [1.29, 1.82) is 0 Å². The van der Waals surface area contributed by atoms with Gasteiger partial charge in [-0.2, -0.15) is 0 Å². The molecular weight excluding hydrogens is 178 g/mol. The van der Waals surface area contributed by atoms with Crippen molar-refractivity contribution in [1.82, 2.24) is 5.32 Å². The summed E-state index contributed by atoms with van der Waals surface area (Å²) in [5, 5.41) is 29.4. The number of carboxylic acid groups (broad SMARTS) is 1. The summed E-state index contributed by atoms with van der Waals surface area (Å²) in [5.41, 5.74) is -1.39. The molecule has 2 unspecified atom stereocenters. The van der Waals surface area contributed by atoms with Crippen molar-refractivity contribution in [2.75, 3.05) is 19.8 Å². The van der Waals surface area contributed by atoms with E-state index in [4.69, 9.17) is 9.84 Å². The number of carbonyl (C=O) groups is 1. The van der Waals surface area contributed by atoms with Crippen molar-refractivity contribution >= 4 is 6.09 Å². The third kappa shape index (κ3) is 2.55. The summed E-state index contributed by atoms with van der Waals surface area (Å²) in [7, 11) is 0. The quantitative estimate of drug-likeness (QED) is 0.438. The van der Waals surface area contributed by atoms with Crippen LogP contribution in [-0.2, 0) is 4.74 Å². The number of aliphatic hydroxyl groups excluding tert-OH is 1. The van der Waals surface area contributed by atoms with Gasteiger partial charge in [-0.3, -0.25) is 0 Å². The molecule has 1 saturated heterocycles. The van der Waals surface area contributed by atoms with Crippen LogP contribution in [0.4, 0.5) is 4.79 Å². The second kappa shape index (κ2) is 3.91. The Kier molecular flexibility index (Phi) is 3.07. The third-order valence-electron chi connectivity index (χ3n) is 2.12. The Morgan fingerprint density at radius 3 is 2.92 bits per heavy atom. The summed E-state index contributed by atoms with van der Waals surface area (Å²) < 4.78 is 4.90. The molecule has 1 aliphatic rings. The number of aliphatic hydroxyl groups is 2. The largest absolute Gasteiger partial charge is 0.465 e. The van der Waals surface area contributed by atoms with E-state index in [1.54, 1.807) is 0 Å². The highest BCUT2D eigenvalue weighted by molar-refractivity contribution is 5.64. The molecule has 0 radical (unpaired) electrons. The second-order valence-corrected chi connectivity index (χ2v) is 3.10. The highest BCUT2D eigenvalue weighted by atomic mass is 16.5. The molecule has 0 aliphatic carbocycles. The predicted octanol–water partition coefficient (Wildman–Crippen LogP) is -1.23. The molecule has 0 aromatic rings. The lowest BCUT2D eigenvalue weighted by molar-refractivity contribution is -0.149. The zero-order valence-electron chi connectivity index (χ0n) is 7.06. The van der Waals surface area contributed by atoms with Crippen molar-refractivity contribution in [3.8, 4) is 0 Å². The number of amides is 1. The fourth-order valence-electron chi connectivity index (χ4n) is 1.20. The highest BCUT2D eigenvalue weighted by Crippen LogP contribution is 2.19. The summed E-state index contributed by atoms with van der Waals surface area (Å²) in [4.78, 5) is 10.2. The maximum Gasteiger partial charge on any atom is 0.404 e. The van der Waals surface area contributed by atoms with Crippen LogP contribution in [0.5, 0.6) is 0 Å². The average Bonchev–Trinajstić information content (AvgIpc) is 2.07. The van der Waals surface area contributed by atoms with Gasteiger partial charge in [0.05, 0.1) is 13.2 Å². The zero-order valence-corrected chi connectivity index (χ0v) is 7.06. The number of hydrogen-bond donors (Lipinski definition) is 4. The first-order chi connectivity index (χ1) is 6.04. The molecule has 1 fully saturated rings. The van der Waals surface area contributed by atoms with Crippen molar-refractivity contribution in [3.63, 3.8) is 0 Å². The van der Waals surface area contributed by atoms with Crippen LogP contribution < -0.4 is 5.32 Å². The second-order valence-electron chi connectivity index (χ2n) is 3.10. The van der Waals surface area contributed by atoms with Gasteiger partial charge in [0.2, 0.25) is 0 Å². The molecule has 1 amide bonds. The van der Waals surface area contributed by atoms with Crippen molar-refractivity contribution in [3.05, 3.63) is 0 Å². The van der Waals surface area contributed by atoms with Gasteiger partial charge in [-0.1, -0.05) is 0 Å². The normalized spacial score (nSPS) is 34.2. The van der Waals surface area contributed by atoms with Gasteiger partial charge in [-0.25, -0.2) is 4.79 Å². The topological polar surface area (TPSA) is 99.0 Å². The van der Waals surface area contributed by atoms with Crippen molar-refractivity contribution in [2.45, 2.75) is 18.1 Å². The Morgan fingerprint density at radius 2 is 2.38 bits per heavy atom. The molecule has 4 N–H and O–H groups in total. The molecule has 0 bridgehead atoms. The van der Waals surface area contributed by atoms with Crippen molar-refractivity contribution < 1.29 is 24.9 Å². The summed E-state index contributed by atoms with van der Waals surface area (Å²) in [5.74, 6) is 0. The molecule has 6 heteroatoms. The molecule has 0 spiro atoms. The minimum Gasteiger partial charge on any atom is -0.465 e. The van der Waals surface area contributed by atoms with E-state index < -0.39 is 17.8 Å². The SMILES string of the molecule is O=C(O)NCC1(O)CCOCC1O.